The van der Waals surface area contributed by atoms with Crippen LogP contribution in [0, 0.1) is 11.7 Å². The molecule has 1 amide bonds. The first kappa shape index (κ1) is 20.9. The van der Waals surface area contributed by atoms with Gasteiger partial charge in [-0.15, -0.1) is 5.10 Å². The standard InChI is InChI=1S/C18H22F4N4O/c1-4-12(5-2)11-25(6-3)17(27)15-16(18(20,21)22)26(24-23-15)14-9-7-13(19)8-10-14/h7-10,12H,4-6,11H2,1-3H3. The van der Waals surface area contributed by atoms with Crippen molar-refractivity contribution in [2.24, 2.45) is 5.92 Å². The van der Waals surface area contributed by atoms with Gasteiger partial charge in [-0.3, -0.25) is 4.79 Å². The molecule has 2 rings (SSSR count). The summed E-state index contributed by atoms with van der Waals surface area (Å²) >= 11 is 0. The highest BCUT2D eigenvalue weighted by atomic mass is 19.4. The second-order valence-corrected chi connectivity index (χ2v) is 6.20. The van der Waals surface area contributed by atoms with E-state index >= 15 is 0 Å². The van der Waals surface area contributed by atoms with Gasteiger partial charge in [-0.05, 0) is 37.1 Å². The maximum atomic E-state index is 13.7. The number of hydrogen-bond acceptors (Lipinski definition) is 3. The molecule has 0 aliphatic heterocycles. The van der Waals surface area contributed by atoms with Crippen LogP contribution in [-0.2, 0) is 6.18 Å². The normalized spacial score (nSPS) is 11.9. The lowest BCUT2D eigenvalue weighted by molar-refractivity contribution is -0.143. The SMILES string of the molecule is CCC(CC)CN(CC)C(=O)c1nnn(-c2ccc(F)cc2)c1C(F)(F)F. The van der Waals surface area contributed by atoms with Gasteiger partial charge in [0, 0.05) is 13.1 Å². The molecule has 0 atom stereocenters. The third-order valence-corrected chi connectivity index (χ3v) is 4.51. The Morgan fingerprint density at radius 3 is 2.22 bits per heavy atom. The molecule has 0 radical (unpaired) electrons. The fraction of sp³-hybridized carbons (Fsp3) is 0.500. The Morgan fingerprint density at radius 1 is 1.15 bits per heavy atom. The summed E-state index contributed by atoms with van der Waals surface area (Å²) in [7, 11) is 0. The summed E-state index contributed by atoms with van der Waals surface area (Å²) in [6, 6.07) is 4.33. The van der Waals surface area contributed by atoms with Crippen LogP contribution in [0.25, 0.3) is 5.69 Å². The van der Waals surface area contributed by atoms with E-state index in [9.17, 15) is 22.4 Å². The Labute approximate surface area is 155 Å². The Morgan fingerprint density at radius 2 is 1.74 bits per heavy atom. The van der Waals surface area contributed by atoms with Crippen molar-refractivity contribution in [3.8, 4) is 5.69 Å². The molecular weight excluding hydrogens is 364 g/mol. The maximum Gasteiger partial charge on any atom is 0.435 e. The fourth-order valence-electron chi connectivity index (χ4n) is 2.81. The molecule has 1 aromatic heterocycles. The third kappa shape index (κ3) is 4.64. The number of aromatic nitrogens is 3. The molecule has 2 aromatic rings. The van der Waals surface area contributed by atoms with Gasteiger partial charge in [0.2, 0.25) is 0 Å². The van der Waals surface area contributed by atoms with Crippen molar-refractivity contribution >= 4 is 5.91 Å². The molecule has 5 nitrogen and oxygen atoms in total. The first-order valence-electron chi connectivity index (χ1n) is 8.80. The molecule has 0 N–H and O–H groups in total. The van der Waals surface area contributed by atoms with Crippen LogP contribution in [0.3, 0.4) is 0 Å². The molecule has 9 heteroatoms. The summed E-state index contributed by atoms with van der Waals surface area (Å²) in [5, 5.41) is 7.03. The van der Waals surface area contributed by atoms with Crippen LogP contribution >= 0.6 is 0 Å². The van der Waals surface area contributed by atoms with Crippen LogP contribution < -0.4 is 0 Å². The highest BCUT2D eigenvalue weighted by molar-refractivity contribution is 5.93. The fourth-order valence-corrected chi connectivity index (χ4v) is 2.81. The van der Waals surface area contributed by atoms with Gasteiger partial charge in [0.15, 0.2) is 11.4 Å². The van der Waals surface area contributed by atoms with E-state index in [0.717, 1.165) is 37.1 Å². The molecule has 0 saturated carbocycles. The van der Waals surface area contributed by atoms with Gasteiger partial charge in [0.25, 0.3) is 5.91 Å². The van der Waals surface area contributed by atoms with Gasteiger partial charge in [0.05, 0.1) is 5.69 Å². The quantitative estimate of drug-likeness (QED) is 0.666. The lowest BCUT2D eigenvalue weighted by Gasteiger charge is -2.25. The molecule has 0 saturated heterocycles. The van der Waals surface area contributed by atoms with Crippen LogP contribution in [0.4, 0.5) is 17.6 Å². The first-order valence-corrected chi connectivity index (χ1v) is 8.80. The predicted octanol–water partition coefficient (Wildman–Crippen LogP) is 4.32. The summed E-state index contributed by atoms with van der Waals surface area (Å²) in [5.41, 5.74) is -2.04. The monoisotopic (exact) mass is 386 g/mol. The highest BCUT2D eigenvalue weighted by Gasteiger charge is 2.42. The zero-order chi connectivity index (χ0) is 20.2. The molecule has 0 aliphatic rings. The Balaban J connectivity index is 2.47. The second kappa shape index (κ2) is 8.49. The van der Waals surface area contributed by atoms with Crippen LogP contribution in [0.15, 0.2) is 24.3 Å². The van der Waals surface area contributed by atoms with Crippen molar-refractivity contribution in [3.05, 3.63) is 41.5 Å². The number of alkyl halides is 3. The minimum atomic E-state index is -4.85. The van der Waals surface area contributed by atoms with Crippen LogP contribution in [0.5, 0.6) is 0 Å². The van der Waals surface area contributed by atoms with Gasteiger partial charge in [0.1, 0.15) is 5.82 Å². The first-order chi connectivity index (χ1) is 12.7. The zero-order valence-corrected chi connectivity index (χ0v) is 15.4. The van der Waals surface area contributed by atoms with E-state index in [2.05, 4.69) is 10.3 Å². The number of benzene rings is 1. The number of nitrogens with zero attached hydrogens (tertiary/aromatic N) is 4. The second-order valence-electron chi connectivity index (χ2n) is 6.20. The molecule has 0 fully saturated rings. The minimum absolute atomic E-state index is 0.0293. The van der Waals surface area contributed by atoms with Gasteiger partial charge in [-0.2, -0.15) is 13.2 Å². The molecule has 0 unspecified atom stereocenters. The largest absolute Gasteiger partial charge is 0.435 e. The summed E-state index contributed by atoms with van der Waals surface area (Å²) in [4.78, 5) is 14.1. The van der Waals surface area contributed by atoms with Crippen LogP contribution in [0.2, 0.25) is 0 Å². The molecule has 0 bridgehead atoms. The molecule has 1 heterocycles. The predicted molar refractivity (Wildman–Crippen MR) is 92.0 cm³/mol. The molecular formula is C18H22F4N4O. The van der Waals surface area contributed by atoms with Crippen molar-refractivity contribution in [3.63, 3.8) is 0 Å². The van der Waals surface area contributed by atoms with Crippen molar-refractivity contribution in [2.45, 2.75) is 39.8 Å². The van der Waals surface area contributed by atoms with E-state index in [1.165, 1.54) is 4.90 Å². The number of amides is 1. The topological polar surface area (TPSA) is 51.0 Å². The van der Waals surface area contributed by atoms with E-state index in [4.69, 9.17) is 0 Å². The Kier molecular flexibility index (Phi) is 6.56. The lowest BCUT2D eigenvalue weighted by atomic mass is 10.0. The van der Waals surface area contributed by atoms with E-state index in [1.807, 2.05) is 13.8 Å². The number of hydrogen-bond donors (Lipinski definition) is 0. The molecule has 27 heavy (non-hydrogen) atoms. The van der Waals surface area contributed by atoms with Crippen LogP contribution in [-0.4, -0.2) is 38.9 Å². The maximum absolute atomic E-state index is 13.7. The van der Waals surface area contributed by atoms with Crippen LogP contribution in [0.1, 0.15) is 49.8 Å². The Bertz CT molecular complexity index is 767. The van der Waals surface area contributed by atoms with E-state index in [1.54, 1.807) is 6.92 Å². The Hall–Kier alpha value is -2.45. The minimum Gasteiger partial charge on any atom is -0.337 e. The number of carbonyl (C=O) groups is 1. The van der Waals surface area contributed by atoms with E-state index < -0.39 is 29.3 Å². The lowest BCUT2D eigenvalue weighted by Crippen LogP contribution is -2.36. The molecule has 1 aromatic carbocycles. The smallest absolute Gasteiger partial charge is 0.337 e. The van der Waals surface area contributed by atoms with Gasteiger partial charge >= 0.3 is 6.18 Å². The number of halogens is 4. The van der Waals surface area contributed by atoms with Gasteiger partial charge in [-0.25, -0.2) is 9.07 Å². The molecule has 0 aliphatic carbocycles. The summed E-state index contributed by atoms with van der Waals surface area (Å²) in [5.74, 6) is -1.22. The van der Waals surface area contributed by atoms with E-state index in [-0.39, 0.29) is 18.2 Å². The molecule has 0 spiro atoms. The van der Waals surface area contributed by atoms with Crippen molar-refractivity contribution in [1.82, 2.24) is 19.9 Å². The summed E-state index contributed by atoms with van der Waals surface area (Å²) in [6.07, 6.45) is -3.22. The van der Waals surface area contributed by atoms with Crippen molar-refractivity contribution in [1.29, 1.82) is 0 Å². The average Bonchev–Trinajstić information content (AvgIpc) is 3.08. The van der Waals surface area contributed by atoms with Crippen molar-refractivity contribution < 1.29 is 22.4 Å². The average molecular weight is 386 g/mol. The van der Waals surface area contributed by atoms with Gasteiger partial charge in [-0.1, -0.05) is 31.9 Å². The summed E-state index contributed by atoms with van der Waals surface area (Å²) < 4.78 is 54.7. The van der Waals surface area contributed by atoms with Gasteiger partial charge < -0.3 is 4.90 Å². The number of carbonyl (C=O) groups excluding carboxylic acids is 1. The number of rotatable bonds is 7. The third-order valence-electron chi connectivity index (χ3n) is 4.51. The van der Waals surface area contributed by atoms with Crippen molar-refractivity contribution in [2.75, 3.05) is 13.1 Å². The zero-order valence-electron chi connectivity index (χ0n) is 15.4. The highest BCUT2D eigenvalue weighted by Crippen LogP contribution is 2.33. The van der Waals surface area contributed by atoms with E-state index in [0.29, 0.717) is 11.2 Å². The summed E-state index contributed by atoms with van der Waals surface area (Å²) in [6.45, 7) is 6.26. The molecule has 148 valence electrons.